The third-order valence-corrected chi connectivity index (χ3v) is 5.56. The van der Waals surface area contributed by atoms with Gasteiger partial charge in [-0.3, -0.25) is 9.78 Å². The summed E-state index contributed by atoms with van der Waals surface area (Å²) in [7, 11) is 2.00. The number of aromatic amines is 1. The smallest absolute Gasteiger partial charge is 0.195 e. The molecule has 3 heterocycles. The first-order chi connectivity index (χ1) is 12.2. The average molecular weight is 354 g/mol. The van der Waals surface area contributed by atoms with Crippen LogP contribution in [0.3, 0.4) is 0 Å². The van der Waals surface area contributed by atoms with Crippen LogP contribution in [0.15, 0.2) is 6.07 Å². The number of pyridine rings is 1. The van der Waals surface area contributed by atoms with Crippen molar-refractivity contribution in [2.24, 2.45) is 7.05 Å². The Balaban J connectivity index is 1.82. The summed E-state index contributed by atoms with van der Waals surface area (Å²) in [4.78, 5) is 4.96. The molecule has 130 valence electrons. The van der Waals surface area contributed by atoms with Gasteiger partial charge in [0, 0.05) is 36.7 Å². The van der Waals surface area contributed by atoms with Gasteiger partial charge in [0.2, 0.25) is 0 Å². The van der Waals surface area contributed by atoms with Crippen LogP contribution in [0.2, 0.25) is 0 Å². The van der Waals surface area contributed by atoms with Gasteiger partial charge in [-0.25, -0.2) is 4.98 Å². The largest absolute Gasteiger partial charge is 0.300 e. The first-order valence-electron chi connectivity index (χ1n) is 9.20. The molecule has 0 radical (unpaired) electrons. The van der Waals surface area contributed by atoms with Crippen LogP contribution < -0.4 is 0 Å². The lowest BCUT2D eigenvalue weighted by Gasteiger charge is -2.09. The average Bonchev–Trinajstić information content (AvgIpc) is 3.52. The van der Waals surface area contributed by atoms with Crippen molar-refractivity contribution in [3.8, 4) is 11.4 Å². The number of fused-ring (bicyclic) bond motifs is 1. The molecule has 3 aromatic rings. The van der Waals surface area contributed by atoms with Crippen LogP contribution in [0, 0.1) is 4.77 Å². The molecule has 5 rings (SSSR count). The lowest BCUT2D eigenvalue weighted by Crippen LogP contribution is -2.02. The van der Waals surface area contributed by atoms with E-state index in [0.717, 1.165) is 30.0 Å². The minimum atomic E-state index is 0.567. The van der Waals surface area contributed by atoms with Crippen molar-refractivity contribution in [3.63, 3.8) is 0 Å². The van der Waals surface area contributed by atoms with Crippen LogP contribution in [0.5, 0.6) is 0 Å². The van der Waals surface area contributed by atoms with Gasteiger partial charge in [-0.2, -0.15) is 10.2 Å². The number of nitrogens with one attached hydrogen (secondary N) is 1. The van der Waals surface area contributed by atoms with E-state index in [1.165, 1.54) is 42.5 Å². The Morgan fingerprint density at radius 2 is 2.00 bits per heavy atom. The Morgan fingerprint density at radius 1 is 1.24 bits per heavy atom. The molecule has 6 nitrogen and oxygen atoms in total. The molecule has 0 atom stereocenters. The lowest BCUT2D eigenvalue weighted by atomic mass is 10.0. The second kappa shape index (κ2) is 5.49. The van der Waals surface area contributed by atoms with Crippen LogP contribution in [0.1, 0.15) is 62.3 Å². The molecule has 1 N–H and O–H groups in total. The summed E-state index contributed by atoms with van der Waals surface area (Å²) in [6.45, 7) is 3.03. The number of H-pyrrole nitrogens is 1. The molecule has 0 bridgehead atoms. The zero-order chi connectivity index (χ0) is 17.1. The van der Waals surface area contributed by atoms with E-state index in [1.54, 1.807) is 0 Å². The number of nitrogens with zero attached hydrogens (tertiary/aromatic N) is 5. The quantitative estimate of drug-likeness (QED) is 0.702. The van der Waals surface area contributed by atoms with Crippen LogP contribution >= 0.6 is 12.2 Å². The fourth-order valence-corrected chi connectivity index (χ4v) is 3.88. The highest BCUT2D eigenvalue weighted by Gasteiger charge is 2.33. The Morgan fingerprint density at radius 3 is 2.68 bits per heavy atom. The molecule has 3 aromatic heterocycles. The van der Waals surface area contributed by atoms with E-state index in [2.05, 4.69) is 27.8 Å². The Kier molecular flexibility index (Phi) is 3.35. The van der Waals surface area contributed by atoms with Crippen LogP contribution in [-0.2, 0) is 13.6 Å². The second-order valence-electron chi connectivity index (χ2n) is 7.35. The Labute approximate surface area is 151 Å². The minimum Gasteiger partial charge on any atom is -0.300 e. The summed E-state index contributed by atoms with van der Waals surface area (Å²) < 4.78 is 4.75. The van der Waals surface area contributed by atoms with E-state index in [1.807, 2.05) is 11.7 Å². The number of aryl methyl sites for hydroxylation is 1. The van der Waals surface area contributed by atoms with Crippen LogP contribution in [-0.4, -0.2) is 29.5 Å². The molecule has 0 aromatic carbocycles. The normalized spacial score (nSPS) is 17.5. The Bertz CT molecular complexity index is 1020. The highest BCUT2D eigenvalue weighted by atomic mass is 32.1. The molecular formula is C18H22N6S. The molecule has 0 aliphatic heterocycles. The van der Waals surface area contributed by atoms with Gasteiger partial charge < -0.3 is 4.57 Å². The third kappa shape index (κ3) is 2.44. The van der Waals surface area contributed by atoms with Crippen LogP contribution in [0.4, 0.5) is 0 Å². The predicted molar refractivity (Wildman–Crippen MR) is 99.2 cm³/mol. The summed E-state index contributed by atoms with van der Waals surface area (Å²) in [5.41, 5.74) is 4.48. The molecular weight excluding hydrogens is 332 g/mol. The molecule has 2 fully saturated rings. The Hall–Kier alpha value is -2.02. The van der Waals surface area contributed by atoms with E-state index in [-0.39, 0.29) is 0 Å². The standard InChI is InChI=1S/C18H22N6S/c1-3-8-24-16(20-21-18(24)25)12-9-13(10-4-5-10)19-17-14(12)15(11-6-7-11)22-23(17)2/h9-11H,3-8H2,1-2H3,(H,21,25). The molecule has 2 aliphatic rings. The third-order valence-electron chi connectivity index (χ3n) is 5.25. The summed E-state index contributed by atoms with van der Waals surface area (Å²) in [5.74, 6) is 2.08. The first-order valence-corrected chi connectivity index (χ1v) is 9.61. The van der Waals surface area contributed by atoms with E-state index in [9.17, 15) is 0 Å². The van der Waals surface area contributed by atoms with E-state index < -0.39 is 0 Å². The van der Waals surface area contributed by atoms with Gasteiger partial charge >= 0.3 is 0 Å². The number of rotatable bonds is 5. The SMILES string of the molecule is CCCn1c(-c2cc(C3CC3)nc3c2c(C2CC2)nn3C)n[nH]c1=S. The molecule has 7 heteroatoms. The fourth-order valence-electron chi connectivity index (χ4n) is 3.66. The van der Waals surface area contributed by atoms with Crippen molar-refractivity contribution in [3.05, 3.63) is 22.2 Å². The molecule has 0 saturated heterocycles. The minimum absolute atomic E-state index is 0.567. The molecule has 25 heavy (non-hydrogen) atoms. The van der Waals surface area contributed by atoms with Gasteiger partial charge in [0.1, 0.15) is 0 Å². The maximum atomic E-state index is 5.47. The number of hydrogen-bond acceptors (Lipinski definition) is 4. The van der Waals surface area contributed by atoms with Crippen molar-refractivity contribution in [1.82, 2.24) is 29.5 Å². The van der Waals surface area contributed by atoms with Crippen molar-refractivity contribution in [2.45, 2.75) is 57.4 Å². The molecule has 2 saturated carbocycles. The topological polar surface area (TPSA) is 64.3 Å². The first kappa shape index (κ1) is 15.3. The maximum Gasteiger partial charge on any atom is 0.195 e. The van der Waals surface area contributed by atoms with Gasteiger partial charge in [0.15, 0.2) is 16.2 Å². The molecule has 0 unspecified atom stereocenters. The second-order valence-corrected chi connectivity index (χ2v) is 7.74. The zero-order valence-electron chi connectivity index (χ0n) is 14.6. The van der Waals surface area contributed by atoms with Crippen molar-refractivity contribution in [1.29, 1.82) is 0 Å². The predicted octanol–water partition coefficient (Wildman–Crippen LogP) is 4.05. The highest BCUT2D eigenvalue weighted by molar-refractivity contribution is 7.71. The van der Waals surface area contributed by atoms with Crippen molar-refractivity contribution >= 4 is 23.3 Å². The highest BCUT2D eigenvalue weighted by Crippen LogP contribution is 2.46. The summed E-state index contributed by atoms with van der Waals surface area (Å²) in [6, 6.07) is 2.24. The molecule has 0 amide bonds. The number of hydrogen-bond donors (Lipinski definition) is 1. The summed E-state index contributed by atoms with van der Waals surface area (Å²) in [6.07, 6.45) is 5.92. The molecule has 2 aliphatic carbocycles. The van der Waals surface area contributed by atoms with Crippen molar-refractivity contribution in [2.75, 3.05) is 0 Å². The summed E-state index contributed by atoms with van der Waals surface area (Å²) >= 11 is 5.47. The van der Waals surface area contributed by atoms with Gasteiger partial charge in [-0.05, 0) is 50.4 Å². The monoisotopic (exact) mass is 354 g/mol. The van der Waals surface area contributed by atoms with Gasteiger partial charge in [0.25, 0.3) is 0 Å². The van der Waals surface area contributed by atoms with E-state index >= 15 is 0 Å². The zero-order valence-corrected chi connectivity index (χ0v) is 15.4. The van der Waals surface area contributed by atoms with E-state index in [0.29, 0.717) is 16.6 Å². The fraction of sp³-hybridized carbons (Fsp3) is 0.556. The van der Waals surface area contributed by atoms with Crippen LogP contribution in [0.25, 0.3) is 22.4 Å². The maximum absolute atomic E-state index is 5.47. The summed E-state index contributed by atoms with van der Waals surface area (Å²) in [5, 5.41) is 13.6. The van der Waals surface area contributed by atoms with Gasteiger partial charge in [-0.1, -0.05) is 6.92 Å². The molecule has 0 spiro atoms. The van der Waals surface area contributed by atoms with Gasteiger partial charge in [-0.15, -0.1) is 0 Å². The van der Waals surface area contributed by atoms with E-state index in [4.69, 9.17) is 22.3 Å². The van der Waals surface area contributed by atoms with Gasteiger partial charge in [0.05, 0.1) is 11.1 Å². The van der Waals surface area contributed by atoms with Crippen molar-refractivity contribution < 1.29 is 0 Å². The lowest BCUT2D eigenvalue weighted by molar-refractivity contribution is 0.675. The number of aromatic nitrogens is 6.